The van der Waals surface area contributed by atoms with Gasteiger partial charge in [0.05, 0.1) is 10.0 Å². The van der Waals surface area contributed by atoms with Gasteiger partial charge in [-0.25, -0.2) is 8.42 Å². The number of sulfonamides is 1. The maximum Gasteiger partial charge on any atom is 0.244 e. The molecule has 3 rings (SSSR count). The van der Waals surface area contributed by atoms with E-state index in [9.17, 15) is 8.42 Å². The third kappa shape index (κ3) is 2.46. The van der Waals surface area contributed by atoms with Crippen molar-refractivity contribution < 1.29 is 8.42 Å². The molecule has 2 aliphatic heterocycles. The van der Waals surface area contributed by atoms with E-state index in [0.717, 1.165) is 19.4 Å². The van der Waals surface area contributed by atoms with Gasteiger partial charge in [-0.15, -0.1) is 0 Å². The first kappa shape index (κ1) is 14.6. The summed E-state index contributed by atoms with van der Waals surface area (Å²) in [5.74, 6) is 0.400. The second-order valence-electron chi connectivity index (χ2n) is 5.34. The van der Waals surface area contributed by atoms with E-state index >= 15 is 0 Å². The SMILES string of the molecule is O=S(=O)(c1cccc(Cl)c1Cl)N1C[C@@H]2CCCN[C@@H]2C1. The zero-order valence-corrected chi connectivity index (χ0v) is 13.2. The minimum atomic E-state index is -3.57. The van der Waals surface area contributed by atoms with Crippen molar-refractivity contribution in [3.63, 3.8) is 0 Å². The Labute approximate surface area is 129 Å². The van der Waals surface area contributed by atoms with Gasteiger partial charge in [0.1, 0.15) is 4.90 Å². The Kier molecular flexibility index (Phi) is 3.99. The van der Waals surface area contributed by atoms with Gasteiger partial charge in [0.15, 0.2) is 0 Å². The van der Waals surface area contributed by atoms with Crippen LogP contribution >= 0.6 is 23.2 Å². The Balaban J connectivity index is 1.91. The number of hydrogen-bond donors (Lipinski definition) is 1. The van der Waals surface area contributed by atoms with Crippen LogP contribution in [0.2, 0.25) is 10.0 Å². The standard InChI is InChI=1S/C13H16Cl2N2O2S/c14-10-4-1-5-12(13(10)15)20(18,19)17-7-9-3-2-6-16-11(9)8-17/h1,4-5,9,11,16H,2-3,6-8H2/t9-,11+/m0/s1. The van der Waals surface area contributed by atoms with Gasteiger partial charge in [0.25, 0.3) is 0 Å². The van der Waals surface area contributed by atoms with Gasteiger partial charge in [0.2, 0.25) is 10.0 Å². The molecule has 0 saturated carbocycles. The summed E-state index contributed by atoms with van der Waals surface area (Å²) < 4.78 is 26.9. The predicted octanol–water partition coefficient (Wildman–Crippen LogP) is 2.37. The molecular formula is C13H16Cl2N2O2S. The lowest BCUT2D eigenvalue weighted by Crippen LogP contribution is -2.41. The normalized spacial score (nSPS) is 27.5. The van der Waals surface area contributed by atoms with E-state index < -0.39 is 10.0 Å². The monoisotopic (exact) mass is 334 g/mol. The third-order valence-corrected chi connectivity index (χ3v) is 6.90. The van der Waals surface area contributed by atoms with Crippen molar-refractivity contribution in [2.75, 3.05) is 19.6 Å². The molecule has 2 heterocycles. The quantitative estimate of drug-likeness (QED) is 0.903. The summed E-state index contributed by atoms with van der Waals surface area (Å²) >= 11 is 12.0. The van der Waals surface area contributed by atoms with Crippen LogP contribution in [0.5, 0.6) is 0 Å². The largest absolute Gasteiger partial charge is 0.312 e. The smallest absolute Gasteiger partial charge is 0.244 e. The zero-order chi connectivity index (χ0) is 14.3. The summed E-state index contributed by atoms with van der Waals surface area (Å²) in [6, 6.07) is 4.98. The number of fused-ring (bicyclic) bond motifs is 1. The molecule has 2 saturated heterocycles. The summed E-state index contributed by atoms with van der Waals surface area (Å²) in [5.41, 5.74) is 0. The van der Waals surface area contributed by atoms with Crippen molar-refractivity contribution in [2.24, 2.45) is 5.92 Å². The molecule has 0 aliphatic carbocycles. The number of nitrogens with zero attached hydrogens (tertiary/aromatic N) is 1. The third-order valence-electron chi connectivity index (χ3n) is 4.10. The molecule has 0 aromatic heterocycles. The second kappa shape index (κ2) is 5.46. The predicted molar refractivity (Wildman–Crippen MR) is 79.7 cm³/mol. The van der Waals surface area contributed by atoms with E-state index in [0.29, 0.717) is 19.0 Å². The average Bonchev–Trinajstić information content (AvgIpc) is 2.86. The lowest BCUT2D eigenvalue weighted by Gasteiger charge is -2.24. The lowest BCUT2D eigenvalue weighted by molar-refractivity contribution is 0.339. The first-order chi connectivity index (χ1) is 9.50. The second-order valence-corrected chi connectivity index (χ2v) is 8.03. The Bertz CT molecular complexity index is 607. The maximum absolute atomic E-state index is 12.7. The summed E-state index contributed by atoms with van der Waals surface area (Å²) in [4.78, 5) is 0.102. The molecule has 7 heteroatoms. The maximum atomic E-state index is 12.7. The van der Waals surface area contributed by atoms with Crippen LogP contribution in [-0.2, 0) is 10.0 Å². The highest BCUT2D eigenvalue weighted by Crippen LogP contribution is 2.34. The molecule has 0 amide bonds. The molecule has 2 fully saturated rings. The minimum Gasteiger partial charge on any atom is -0.312 e. The van der Waals surface area contributed by atoms with Crippen molar-refractivity contribution in [2.45, 2.75) is 23.8 Å². The molecule has 0 unspecified atom stereocenters. The molecule has 1 N–H and O–H groups in total. The van der Waals surface area contributed by atoms with Gasteiger partial charge in [-0.3, -0.25) is 0 Å². The van der Waals surface area contributed by atoms with E-state index in [1.54, 1.807) is 12.1 Å². The highest BCUT2D eigenvalue weighted by molar-refractivity contribution is 7.89. The van der Waals surface area contributed by atoms with Crippen LogP contribution in [0.1, 0.15) is 12.8 Å². The van der Waals surface area contributed by atoms with E-state index in [1.807, 2.05) is 0 Å². The molecule has 2 atom stereocenters. The molecule has 1 aromatic rings. The van der Waals surface area contributed by atoms with Crippen LogP contribution in [-0.4, -0.2) is 38.4 Å². The summed E-state index contributed by atoms with van der Waals surface area (Å²) in [7, 11) is -3.57. The van der Waals surface area contributed by atoms with Gasteiger partial charge in [0, 0.05) is 19.1 Å². The van der Waals surface area contributed by atoms with E-state index in [2.05, 4.69) is 5.32 Å². The fraction of sp³-hybridized carbons (Fsp3) is 0.538. The highest BCUT2D eigenvalue weighted by atomic mass is 35.5. The average molecular weight is 335 g/mol. The molecule has 0 radical (unpaired) electrons. The number of rotatable bonds is 2. The molecule has 110 valence electrons. The number of hydrogen-bond acceptors (Lipinski definition) is 3. The van der Waals surface area contributed by atoms with Crippen molar-refractivity contribution in [3.05, 3.63) is 28.2 Å². The first-order valence-electron chi connectivity index (χ1n) is 6.67. The van der Waals surface area contributed by atoms with Crippen molar-refractivity contribution in [1.82, 2.24) is 9.62 Å². The number of halogens is 2. The van der Waals surface area contributed by atoms with Crippen molar-refractivity contribution >= 4 is 33.2 Å². The Hall–Kier alpha value is -0.330. The summed E-state index contributed by atoms with van der Waals surface area (Å²) in [5, 5.41) is 3.77. The van der Waals surface area contributed by atoms with E-state index in [4.69, 9.17) is 23.2 Å². The Morgan fingerprint density at radius 2 is 2.05 bits per heavy atom. The topological polar surface area (TPSA) is 49.4 Å². The van der Waals surface area contributed by atoms with Gasteiger partial charge in [-0.05, 0) is 37.4 Å². The number of benzene rings is 1. The Morgan fingerprint density at radius 3 is 2.80 bits per heavy atom. The lowest BCUT2D eigenvalue weighted by atomic mass is 9.94. The fourth-order valence-electron chi connectivity index (χ4n) is 3.03. The van der Waals surface area contributed by atoms with E-state index in [1.165, 1.54) is 10.4 Å². The van der Waals surface area contributed by atoms with Gasteiger partial charge >= 0.3 is 0 Å². The summed E-state index contributed by atoms with van der Waals surface area (Å²) in [6.07, 6.45) is 2.18. The fourth-order valence-corrected chi connectivity index (χ4v) is 5.28. The number of piperidine rings is 1. The van der Waals surface area contributed by atoms with Gasteiger partial charge < -0.3 is 5.32 Å². The van der Waals surface area contributed by atoms with Crippen LogP contribution in [0, 0.1) is 5.92 Å². The molecule has 4 nitrogen and oxygen atoms in total. The van der Waals surface area contributed by atoms with Gasteiger partial charge in [-0.2, -0.15) is 4.31 Å². The first-order valence-corrected chi connectivity index (χ1v) is 8.87. The van der Waals surface area contributed by atoms with E-state index in [-0.39, 0.29) is 21.0 Å². The Morgan fingerprint density at radius 1 is 1.25 bits per heavy atom. The molecular weight excluding hydrogens is 319 g/mol. The molecule has 1 aromatic carbocycles. The zero-order valence-electron chi connectivity index (χ0n) is 10.9. The molecule has 0 spiro atoms. The van der Waals surface area contributed by atoms with Crippen LogP contribution in [0.4, 0.5) is 0 Å². The molecule has 20 heavy (non-hydrogen) atoms. The van der Waals surface area contributed by atoms with Gasteiger partial charge in [-0.1, -0.05) is 29.3 Å². The van der Waals surface area contributed by atoms with Crippen molar-refractivity contribution in [3.8, 4) is 0 Å². The van der Waals surface area contributed by atoms with Crippen LogP contribution in [0.25, 0.3) is 0 Å². The molecule has 2 aliphatic rings. The highest BCUT2D eigenvalue weighted by Gasteiger charge is 2.40. The number of nitrogens with one attached hydrogen (secondary N) is 1. The van der Waals surface area contributed by atoms with Crippen molar-refractivity contribution in [1.29, 1.82) is 0 Å². The van der Waals surface area contributed by atoms with Crippen LogP contribution < -0.4 is 5.32 Å². The summed E-state index contributed by atoms with van der Waals surface area (Å²) in [6.45, 7) is 2.03. The molecule has 0 bridgehead atoms. The minimum absolute atomic E-state index is 0.102. The van der Waals surface area contributed by atoms with Crippen LogP contribution in [0.3, 0.4) is 0 Å². The van der Waals surface area contributed by atoms with Crippen LogP contribution in [0.15, 0.2) is 23.1 Å².